The Morgan fingerprint density at radius 2 is 0.800 bits per heavy atom. The third kappa shape index (κ3) is 36.2. The van der Waals surface area contributed by atoms with Crippen molar-refractivity contribution in [1.29, 1.82) is 0 Å². The van der Waals surface area contributed by atoms with Crippen LogP contribution in [0.2, 0.25) is 0 Å². The van der Waals surface area contributed by atoms with Gasteiger partial charge in [0.15, 0.2) is 0 Å². The van der Waals surface area contributed by atoms with Gasteiger partial charge in [-0.15, -0.1) is 19.8 Å². The summed E-state index contributed by atoms with van der Waals surface area (Å²) in [5.74, 6) is 1.14. The fraction of sp³-hybridized carbons (Fsp3) is 1.00. The molecule has 0 heterocycles. The summed E-state index contributed by atoms with van der Waals surface area (Å²) in [5.41, 5.74) is 0. The van der Waals surface area contributed by atoms with Gasteiger partial charge in [-0.2, -0.15) is 0 Å². The molecule has 0 saturated heterocycles. The average Bonchev–Trinajstić information content (AvgIpc) is 2.55. The molecule has 3 atom stereocenters. The van der Waals surface area contributed by atoms with Gasteiger partial charge < -0.3 is 15.3 Å². The summed E-state index contributed by atoms with van der Waals surface area (Å²) in [5, 5.41) is 29.6. The third-order valence-electron chi connectivity index (χ3n) is 2.94. The van der Waals surface area contributed by atoms with Crippen molar-refractivity contribution in [2.24, 2.45) is 17.8 Å². The second-order valence-electron chi connectivity index (χ2n) is 5.04. The van der Waals surface area contributed by atoms with E-state index < -0.39 is 0 Å². The molecular formula is C15H33ClO3Si. The Balaban J connectivity index is -0.0000000902. The first kappa shape index (κ1) is 28.5. The van der Waals surface area contributed by atoms with E-state index in [4.69, 9.17) is 0 Å². The molecule has 0 aromatic rings. The zero-order valence-electron chi connectivity index (χ0n) is 14.1. The van der Waals surface area contributed by atoms with Gasteiger partial charge in [0, 0.05) is 0 Å². The van der Waals surface area contributed by atoms with Crippen LogP contribution in [0, 0.1) is 17.8 Å². The van der Waals surface area contributed by atoms with Gasteiger partial charge in [-0.25, -0.2) is 0 Å². The maximum absolute atomic E-state index is 9.86. The Bertz CT molecular complexity index is 105. The van der Waals surface area contributed by atoms with Crippen molar-refractivity contribution in [3.8, 4) is 0 Å². The predicted octanol–water partition coefficient (Wildman–Crippen LogP) is 1.49. The van der Waals surface area contributed by atoms with Crippen LogP contribution in [0.5, 0.6) is 0 Å². The van der Waals surface area contributed by atoms with Crippen LogP contribution >= 0.6 is 11.1 Å². The van der Waals surface area contributed by atoms with E-state index in [1.54, 1.807) is 0 Å². The minimum atomic E-state index is 0.0799. The molecule has 0 aromatic heterocycles. The van der Waals surface area contributed by atoms with Gasteiger partial charge in [-0.3, -0.25) is 0 Å². The summed E-state index contributed by atoms with van der Waals surface area (Å²) < 4.78 is 0. The van der Waals surface area contributed by atoms with Crippen LogP contribution in [0.1, 0.15) is 60.8 Å². The Morgan fingerprint density at radius 1 is 0.650 bits per heavy atom. The first-order chi connectivity index (χ1) is 9.42. The van der Waals surface area contributed by atoms with Gasteiger partial charge in [-0.05, 0) is 0 Å². The second kappa shape index (κ2) is 27.7. The summed E-state index contributed by atoms with van der Waals surface area (Å²) in [6.07, 6.45) is 3.05. The molecule has 0 saturated carbocycles. The van der Waals surface area contributed by atoms with Crippen molar-refractivity contribution in [2.75, 3.05) is 19.8 Å². The van der Waals surface area contributed by atoms with Crippen LogP contribution in [0.15, 0.2) is 0 Å². The van der Waals surface area contributed by atoms with Gasteiger partial charge in [0.1, 0.15) is 0 Å². The van der Waals surface area contributed by atoms with Crippen LogP contribution in [0.4, 0.5) is 0 Å². The maximum atomic E-state index is 9.86. The average molecular weight is 325 g/mol. The number of hydrogen-bond donors (Lipinski definition) is 0. The van der Waals surface area contributed by atoms with Crippen LogP contribution in [-0.2, 0) is 0 Å². The molecule has 3 unspecified atom stereocenters. The molecule has 122 valence electrons. The zero-order chi connectivity index (χ0) is 17.0. The molecule has 0 rings (SSSR count). The van der Waals surface area contributed by atoms with E-state index in [1.807, 2.05) is 41.5 Å². The summed E-state index contributed by atoms with van der Waals surface area (Å²) in [6.45, 7) is 12.2. The van der Waals surface area contributed by atoms with Crippen LogP contribution < -0.4 is 15.3 Å². The van der Waals surface area contributed by atoms with Crippen LogP contribution in [-0.4, -0.2) is 29.4 Å². The van der Waals surface area contributed by atoms with Gasteiger partial charge in [-0.1, -0.05) is 78.6 Å². The van der Waals surface area contributed by atoms with Crippen molar-refractivity contribution < 1.29 is 15.3 Å². The van der Waals surface area contributed by atoms with Crippen LogP contribution in [0.25, 0.3) is 0 Å². The van der Waals surface area contributed by atoms with Gasteiger partial charge >= 0.3 is 20.6 Å². The van der Waals surface area contributed by atoms with Gasteiger partial charge in [0.2, 0.25) is 0 Å². The van der Waals surface area contributed by atoms with E-state index in [1.165, 1.54) is 0 Å². The first-order valence-corrected chi connectivity index (χ1v) is 8.87. The fourth-order valence-corrected chi connectivity index (χ4v) is 0.354. The minimum absolute atomic E-state index is 0.0799. The standard InChI is InChI=1S/3C5H11O.ClSi/c3*1-3-5(2)4-6;1-2/h3*5H,3-4H2,1-2H3;/q3*-1;+3. The van der Waals surface area contributed by atoms with E-state index in [2.05, 4.69) is 20.6 Å². The number of rotatable bonds is 6. The molecule has 0 amide bonds. The zero-order valence-corrected chi connectivity index (χ0v) is 15.8. The molecule has 0 aliphatic carbocycles. The molecule has 0 radical (unpaired) electrons. The quantitative estimate of drug-likeness (QED) is 0.549. The number of hydrogen-bond acceptors (Lipinski definition) is 3. The van der Waals surface area contributed by atoms with E-state index in [0.29, 0.717) is 17.8 Å². The van der Waals surface area contributed by atoms with E-state index in [-0.39, 0.29) is 19.8 Å². The molecule has 0 aliphatic heterocycles. The van der Waals surface area contributed by atoms with Crippen molar-refractivity contribution in [1.82, 2.24) is 0 Å². The molecule has 0 aromatic carbocycles. The molecule has 0 bridgehead atoms. The normalized spacial score (nSPS) is 13.4. The third-order valence-corrected chi connectivity index (χ3v) is 2.94. The fourth-order valence-electron chi connectivity index (χ4n) is 0.354. The van der Waals surface area contributed by atoms with Crippen molar-refractivity contribution in [3.63, 3.8) is 0 Å². The Hall–Kier alpha value is 0.387. The van der Waals surface area contributed by atoms with E-state index in [0.717, 1.165) is 19.3 Å². The number of halogens is 1. The van der Waals surface area contributed by atoms with Gasteiger partial charge in [0.25, 0.3) is 0 Å². The molecule has 0 aliphatic rings. The SMILES string of the molecule is CCC(C)C[O-].CCC(C)C[O-].CCC(C)C[O-].[Si+3]Cl. The van der Waals surface area contributed by atoms with Gasteiger partial charge in [0.05, 0.1) is 0 Å². The molecule has 0 N–H and O–H groups in total. The molecule has 20 heavy (non-hydrogen) atoms. The second-order valence-corrected chi connectivity index (χ2v) is 5.04. The van der Waals surface area contributed by atoms with Crippen LogP contribution in [0.3, 0.4) is 0 Å². The van der Waals surface area contributed by atoms with E-state index in [9.17, 15) is 15.3 Å². The summed E-state index contributed by atoms with van der Waals surface area (Å²) in [6, 6.07) is 0. The summed E-state index contributed by atoms with van der Waals surface area (Å²) in [4.78, 5) is 0. The van der Waals surface area contributed by atoms with Crippen molar-refractivity contribution >= 4 is 20.6 Å². The predicted molar refractivity (Wildman–Crippen MR) is 84.6 cm³/mol. The topological polar surface area (TPSA) is 69.2 Å². The molecule has 3 nitrogen and oxygen atoms in total. The van der Waals surface area contributed by atoms with E-state index >= 15 is 0 Å². The monoisotopic (exact) mass is 324 g/mol. The Morgan fingerprint density at radius 3 is 0.800 bits per heavy atom. The Labute approximate surface area is 134 Å². The Kier molecular flexibility index (Phi) is 39.5. The summed E-state index contributed by atoms with van der Waals surface area (Å²) >= 11 is 4.44. The molecule has 0 spiro atoms. The molecule has 0 fully saturated rings. The molecule has 5 heteroatoms. The first-order valence-electron chi connectivity index (χ1n) is 7.36. The summed E-state index contributed by atoms with van der Waals surface area (Å²) in [7, 11) is 2.44. The van der Waals surface area contributed by atoms with Crippen molar-refractivity contribution in [2.45, 2.75) is 60.8 Å². The van der Waals surface area contributed by atoms with Crippen molar-refractivity contribution in [3.05, 3.63) is 0 Å². The molecular weight excluding hydrogens is 292 g/mol.